The smallest absolute Gasteiger partial charge is 0.267 e. The zero-order valence-electron chi connectivity index (χ0n) is 15.5. The second-order valence-corrected chi connectivity index (χ2v) is 7.10. The first kappa shape index (κ1) is 16.9. The molecule has 4 aromatic rings. The summed E-state index contributed by atoms with van der Waals surface area (Å²) in [6.07, 6.45) is 3.77. The van der Waals surface area contributed by atoms with Crippen molar-refractivity contribution < 1.29 is 0 Å². The lowest BCUT2D eigenvalue weighted by Crippen LogP contribution is -2.35. The summed E-state index contributed by atoms with van der Waals surface area (Å²) in [7, 11) is 0. The number of fused-ring (bicyclic) bond motifs is 1. The topological polar surface area (TPSA) is 64.2 Å². The zero-order valence-corrected chi connectivity index (χ0v) is 15.5. The molecule has 1 saturated heterocycles. The predicted molar refractivity (Wildman–Crippen MR) is 109 cm³/mol. The Hall–Kier alpha value is -3.25. The summed E-state index contributed by atoms with van der Waals surface area (Å²) < 4.78 is 3.54. The number of pyridine rings is 1. The highest BCUT2D eigenvalue weighted by Gasteiger charge is 2.21. The summed E-state index contributed by atoms with van der Waals surface area (Å²) >= 11 is 0. The van der Waals surface area contributed by atoms with Crippen molar-refractivity contribution in [2.45, 2.75) is 18.9 Å². The third-order valence-electron chi connectivity index (χ3n) is 5.32. The van der Waals surface area contributed by atoms with E-state index in [1.165, 1.54) is 0 Å². The van der Waals surface area contributed by atoms with Crippen molar-refractivity contribution in [3.05, 3.63) is 77.2 Å². The van der Waals surface area contributed by atoms with Gasteiger partial charge >= 0.3 is 0 Å². The van der Waals surface area contributed by atoms with E-state index < -0.39 is 0 Å². The molecule has 28 heavy (non-hydrogen) atoms. The fraction of sp³-hybridized carbons (Fsp3) is 0.227. The minimum Gasteiger partial charge on any atom is -0.317 e. The van der Waals surface area contributed by atoms with E-state index in [0.717, 1.165) is 54.0 Å². The summed E-state index contributed by atoms with van der Waals surface area (Å²) in [5, 5.41) is 12.9. The maximum absolute atomic E-state index is 12.5. The molecule has 0 amide bonds. The van der Waals surface area contributed by atoms with Gasteiger partial charge in [0.05, 0.1) is 22.8 Å². The van der Waals surface area contributed by atoms with Gasteiger partial charge in [0.2, 0.25) is 0 Å². The summed E-state index contributed by atoms with van der Waals surface area (Å²) in [5.74, 6) is 0. The normalized spacial score (nSPS) is 15.1. The Morgan fingerprint density at radius 3 is 2.50 bits per heavy atom. The number of hydrogen-bond donors (Lipinski definition) is 1. The van der Waals surface area contributed by atoms with E-state index in [4.69, 9.17) is 10.2 Å². The van der Waals surface area contributed by atoms with E-state index in [1.807, 2.05) is 65.3 Å². The lowest BCUT2D eigenvalue weighted by atomic mass is 10.0. The van der Waals surface area contributed by atoms with Crippen LogP contribution in [0.1, 0.15) is 18.9 Å². The molecule has 1 aliphatic rings. The van der Waals surface area contributed by atoms with E-state index in [1.54, 1.807) is 10.7 Å². The van der Waals surface area contributed by atoms with Crippen LogP contribution in [0.25, 0.3) is 28.0 Å². The third kappa shape index (κ3) is 2.92. The van der Waals surface area contributed by atoms with Crippen molar-refractivity contribution in [1.29, 1.82) is 0 Å². The number of aromatic nitrogens is 4. The van der Waals surface area contributed by atoms with E-state index in [2.05, 4.69) is 5.32 Å². The monoisotopic (exact) mass is 371 g/mol. The molecule has 1 aromatic carbocycles. The Morgan fingerprint density at radius 2 is 1.68 bits per heavy atom. The van der Waals surface area contributed by atoms with Crippen molar-refractivity contribution in [1.82, 2.24) is 24.7 Å². The molecule has 0 radical (unpaired) electrons. The van der Waals surface area contributed by atoms with Crippen molar-refractivity contribution in [3.8, 4) is 22.5 Å². The Bertz CT molecular complexity index is 1170. The van der Waals surface area contributed by atoms with Crippen LogP contribution >= 0.6 is 0 Å². The first-order chi connectivity index (χ1) is 13.8. The quantitative estimate of drug-likeness (QED) is 0.601. The molecule has 140 valence electrons. The average Bonchev–Trinajstić information content (AvgIpc) is 3.15. The molecule has 6 heteroatoms. The lowest BCUT2D eigenvalue weighted by molar-refractivity contribution is 0.332. The molecule has 1 fully saturated rings. The third-order valence-corrected chi connectivity index (χ3v) is 5.32. The van der Waals surface area contributed by atoms with E-state index >= 15 is 0 Å². The number of hydrogen-bond acceptors (Lipinski definition) is 4. The van der Waals surface area contributed by atoms with Gasteiger partial charge in [-0.2, -0.15) is 10.2 Å². The first-order valence-corrected chi connectivity index (χ1v) is 9.65. The number of piperidine rings is 1. The van der Waals surface area contributed by atoms with Crippen molar-refractivity contribution in [2.24, 2.45) is 0 Å². The molecule has 0 spiro atoms. The molecule has 0 bridgehead atoms. The highest BCUT2D eigenvalue weighted by Crippen LogP contribution is 2.33. The molecule has 0 unspecified atom stereocenters. The first-order valence-electron chi connectivity index (χ1n) is 9.65. The van der Waals surface area contributed by atoms with Gasteiger partial charge in [-0.25, -0.2) is 9.20 Å². The van der Waals surface area contributed by atoms with Crippen LogP contribution in [0.3, 0.4) is 0 Å². The fourth-order valence-corrected chi connectivity index (χ4v) is 3.92. The largest absolute Gasteiger partial charge is 0.317 e. The molecular weight excluding hydrogens is 350 g/mol. The molecular formula is C22H21N5O. The summed E-state index contributed by atoms with van der Waals surface area (Å²) in [6.45, 7) is 1.82. The molecule has 5 rings (SSSR count). The Balaban J connectivity index is 1.72. The maximum atomic E-state index is 12.5. The van der Waals surface area contributed by atoms with Crippen LogP contribution in [0.2, 0.25) is 0 Å². The van der Waals surface area contributed by atoms with E-state index in [-0.39, 0.29) is 11.6 Å². The number of rotatable bonds is 3. The average molecular weight is 371 g/mol. The Labute approximate surface area is 162 Å². The second kappa shape index (κ2) is 7.05. The fourth-order valence-electron chi connectivity index (χ4n) is 3.92. The van der Waals surface area contributed by atoms with Crippen LogP contribution < -0.4 is 10.9 Å². The van der Waals surface area contributed by atoms with Crippen LogP contribution in [0.4, 0.5) is 0 Å². The molecule has 4 heterocycles. The number of benzene rings is 1. The van der Waals surface area contributed by atoms with E-state index in [0.29, 0.717) is 0 Å². The maximum Gasteiger partial charge on any atom is 0.267 e. The molecule has 3 aromatic heterocycles. The van der Waals surface area contributed by atoms with Gasteiger partial charge < -0.3 is 5.32 Å². The van der Waals surface area contributed by atoms with E-state index in [9.17, 15) is 4.79 Å². The van der Waals surface area contributed by atoms with Gasteiger partial charge in [-0.05, 0) is 44.1 Å². The second-order valence-electron chi connectivity index (χ2n) is 7.10. The summed E-state index contributed by atoms with van der Waals surface area (Å²) in [6, 6.07) is 19.7. The molecule has 0 saturated carbocycles. The van der Waals surface area contributed by atoms with Gasteiger partial charge in [0.15, 0.2) is 0 Å². The van der Waals surface area contributed by atoms with Crippen molar-refractivity contribution in [3.63, 3.8) is 0 Å². The number of nitrogens with zero attached hydrogens (tertiary/aromatic N) is 4. The van der Waals surface area contributed by atoms with Gasteiger partial charge in [-0.1, -0.05) is 36.4 Å². The van der Waals surface area contributed by atoms with Gasteiger partial charge in [0, 0.05) is 17.8 Å². The van der Waals surface area contributed by atoms with Gasteiger partial charge in [0.25, 0.3) is 5.56 Å². The van der Waals surface area contributed by atoms with Crippen LogP contribution in [0.15, 0.2) is 71.7 Å². The Kier molecular flexibility index (Phi) is 4.25. The molecule has 6 nitrogen and oxygen atoms in total. The zero-order chi connectivity index (χ0) is 18.9. The van der Waals surface area contributed by atoms with Crippen LogP contribution in [-0.2, 0) is 0 Å². The summed E-state index contributed by atoms with van der Waals surface area (Å²) in [5.41, 5.74) is 4.56. The van der Waals surface area contributed by atoms with Crippen LogP contribution in [0, 0.1) is 0 Å². The molecule has 0 aliphatic carbocycles. The lowest BCUT2D eigenvalue weighted by Gasteiger charge is -2.23. The molecule has 1 aliphatic heterocycles. The number of nitrogens with one attached hydrogen (secondary N) is 1. The van der Waals surface area contributed by atoms with Crippen molar-refractivity contribution in [2.75, 3.05) is 13.1 Å². The molecule has 1 N–H and O–H groups in total. The minimum absolute atomic E-state index is 0.0478. The van der Waals surface area contributed by atoms with Crippen LogP contribution in [0.5, 0.6) is 0 Å². The van der Waals surface area contributed by atoms with Crippen molar-refractivity contribution >= 4 is 5.52 Å². The summed E-state index contributed by atoms with van der Waals surface area (Å²) in [4.78, 5) is 12.5. The molecule has 0 atom stereocenters. The SMILES string of the molecule is O=c1ccc(-c2c(-c3ccccc3)nn3ccccc23)nn1C1CCNCC1. The highest BCUT2D eigenvalue weighted by atomic mass is 16.1. The van der Waals surface area contributed by atoms with Gasteiger partial charge in [-0.3, -0.25) is 4.79 Å². The highest BCUT2D eigenvalue weighted by molar-refractivity contribution is 5.90. The predicted octanol–water partition coefficient (Wildman–Crippen LogP) is 3.15. The standard InChI is InChI=1S/C22H21N5O/c28-20-10-9-18(24-27(20)17-11-13-23-14-12-17)21-19-8-4-5-15-26(19)25-22(21)16-6-2-1-3-7-16/h1-10,15,17,23H,11-14H2. The van der Waals surface area contributed by atoms with Crippen LogP contribution in [-0.4, -0.2) is 32.5 Å². The minimum atomic E-state index is -0.0478. The van der Waals surface area contributed by atoms with Gasteiger partial charge in [0.1, 0.15) is 5.69 Å². The Morgan fingerprint density at radius 1 is 0.893 bits per heavy atom. The van der Waals surface area contributed by atoms with Gasteiger partial charge in [-0.15, -0.1) is 0 Å².